The highest BCUT2D eigenvalue weighted by Crippen LogP contribution is 2.33. The molecule has 0 spiro atoms. The van der Waals surface area contributed by atoms with Gasteiger partial charge in [-0.05, 0) is 18.6 Å². The van der Waals surface area contributed by atoms with Crippen LogP contribution < -0.4 is 10.1 Å². The molecular formula is C14H18N2O2. The minimum absolute atomic E-state index is 0.107. The van der Waals surface area contributed by atoms with Crippen molar-refractivity contribution in [3.63, 3.8) is 0 Å². The van der Waals surface area contributed by atoms with Crippen LogP contribution in [0, 0.1) is 6.92 Å². The number of nitrogens with one attached hydrogen (secondary N) is 2. The zero-order chi connectivity index (χ0) is 12.5. The predicted octanol–water partition coefficient (Wildman–Crippen LogP) is 2.15. The normalized spacial score (nSPS) is 20.2. The number of fused-ring (bicyclic) bond motifs is 1. The van der Waals surface area contributed by atoms with Gasteiger partial charge in [0.2, 0.25) is 0 Å². The summed E-state index contributed by atoms with van der Waals surface area (Å²) < 4.78 is 11.2. The van der Waals surface area contributed by atoms with Crippen LogP contribution in [0.3, 0.4) is 0 Å². The van der Waals surface area contributed by atoms with Crippen LogP contribution in [-0.2, 0) is 4.74 Å². The number of morpholine rings is 1. The Labute approximate surface area is 106 Å². The van der Waals surface area contributed by atoms with Gasteiger partial charge in [-0.25, -0.2) is 0 Å². The molecule has 1 aromatic carbocycles. The molecule has 0 saturated carbocycles. The van der Waals surface area contributed by atoms with Gasteiger partial charge in [-0.2, -0.15) is 0 Å². The fourth-order valence-electron chi connectivity index (χ4n) is 2.59. The van der Waals surface area contributed by atoms with Crippen LogP contribution in [0.5, 0.6) is 5.75 Å². The molecule has 1 unspecified atom stereocenters. The monoisotopic (exact) mass is 246 g/mol. The summed E-state index contributed by atoms with van der Waals surface area (Å²) in [7, 11) is 1.70. The summed E-state index contributed by atoms with van der Waals surface area (Å²) in [6.07, 6.45) is 0.107. The number of aryl methyl sites for hydroxylation is 1. The molecule has 0 amide bonds. The minimum atomic E-state index is 0.107. The summed E-state index contributed by atoms with van der Waals surface area (Å²) in [5.41, 5.74) is 3.46. The van der Waals surface area contributed by atoms with Crippen molar-refractivity contribution in [2.75, 3.05) is 26.8 Å². The number of benzene rings is 1. The van der Waals surface area contributed by atoms with Gasteiger partial charge < -0.3 is 19.8 Å². The van der Waals surface area contributed by atoms with Gasteiger partial charge in [0.25, 0.3) is 0 Å². The third kappa shape index (κ3) is 1.78. The van der Waals surface area contributed by atoms with E-state index in [-0.39, 0.29) is 6.10 Å². The summed E-state index contributed by atoms with van der Waals surface area (Å²) in [4.78, 5) is 3.46. The lowest BCUT2D eigenvalue weighted by atomic mass is 10.1. The highest BCUT2D eigenvalue weighted by Gasteiger charge is 2.21. The summed E-state index contributed by atoms with van der Waals surface area (Å²) in [5, 5.41) is 4.56. The van der Waals surface area contributed by atoms with Gasteiger partial charge in [0, 0.05) is 24.2 Å². The van der Waals surface area contributed by atoms with E-state index in [2.05, 4.69) is 23.3 Å². The maximum Gasteiger partial charge on any atom is 0.142 e. The van der Waals surface area contributed by atoms with Gasteiger partial charge in [0.15, 0.2) is 0 Å². The first-order valence-electron chi connectivity index (χ1n) is 6.28. The van der Waals surface area contributed by atoms with Crippen molar-refractivity contribution >= 4 is 10.9 Å². The summed E-state index contributed by atoms with van der Waals surface area (Å²) in [6, 6.07) is 6.11. The van der Waals surface area contributed by atoms with Crippen LogP contribution in [0.4, 0.5) is 0 Å². The Morgan fingerprint density at radius 3 is 3.00 bits per heavy atom. The molecule has 4 heteroatoms. The average Bonchev–Trinajstić information content (AvgIpc) is 2.77. The molecule has 1 fully saturated rings. The number of aromatic amines is 1. The maximum atomic E-state index is 5.81. The molecule has 1 atom stereocenters. The van der Waals surface area contributed by atoms with Gasteiger partial charge in [-0.15, -0.1) is 0 Å². The largest absolute Gasteiger partial charge is 0.495 e. The van der Waals surface area contributed by atoms with E-state index in [0.29, 0.717) is 0 Å². The quantitative estimate of drug-likeness (QED) is 0.853. The smallest absolute Gasteiger partial charge is 0.142 e. The van der Waals surface area contributed by atoms with E-state index < -0.39 is 0 Å². The number of hydrogen-bond acceptors (Lipinski definition) is 3. The number of methoxy groups -OCH3 is 1. The van der Waals surface area contributed by atoms with Crippen LogP contribution in [-0.4, -0.2) is 31.8 Å². The van der Waals surface area contributed by atoms with E-state index in [1.807, 2.05) is 12.1 Å². The van der Waals surface area contributed by atoms with Crippen LogP contribution in [0.2, 0.25) is 0 Å². The molecular weight excluding hydrogens is 228 g/mol. The van der Waals surface area contributed by atoms with Crippen molar-refractivity contribution < 1.29 is 9.47 Å². The molecule has 2 N–H and O–H groups in total. The Morgan fingerprint density at radius 2 is 2.28 bits per heavy atom. The van der Waals surface area contributed by atoms with E-state index in [0.717, 1.165) is 36.7 Å². The first-order valence-corrected chi connectivity index (χ1v) is 6.28. The van der Waals surface area contributed by atoms with E-state index >= 15 is 0 Å². The molecule has 96 valence electrons. The first kappa shape index (κ1) is 11.6. The molecule has 2 heterocycles. The molecule has 18 heavy (non-hydrogen) atoms. The van der Waals surface area contributed by atoms with Crippen molar-refractivity contribution in [1.29, 1.82) is 0 Å². The number of para-hydroxylation sites is 1. The zero-order valence-corrected chi connectivity index (χ0v) is 10.7. The Kier molecular flexibility index (Phi) is 2.97. The fraction of sp³-hybridized carbons (Fsp3) is 0.429. The molecule has 0 radical (unpaired) electrons. The van der Waals surface area contributed by atoms with Gasteiger partial charge in [0.1, 0.15) is 11.9 Å². The Morgan fingerprint density at radius 1 is 1.39 bits per heavy atom. The predicted molar refractivity (Wildman–Crippen MR) is 71.2 cm³/mol. The van der Waals surface area contributed by atoms with Crippen molar-refractivity contribution in [3.8, 4) is 5.75 Å². The number of aromatic nitrogens is 1. The molecule has 0 bridgehead atoms. The van der Waals surface area contributed by atoms with Gasteiger partial charge >= 0.3 is 0 Å². The van der Waals surface area contributed by atoms with Crippen LogP contribution in [0.15, 0.2) is 18.2 Å². The van der Waals surface area contributed by atoms with E-state index in [4.69, 9.17) is 9.47 Å². The number of rotatable bonds is 2. The molecule has 4 nitrogen and oxygen atoms in total. The average molecular weight is 246 g/mol. The minimum Gasteiger partial charge on any atom is -0.495 e. The highest BCUT2D eigenvalue weighted by molar-refractivity contribution is 5.89. The molecule has 1 saturated heterocycles. The Bertz CT molecular complexity index is 556. The van der Waals surface area contributed by atoms with Crippen molar-refractivity contribution in [3.05, 3.63) is 29.5 Å². The SMILES string of the molecule is COc1cccc2c(C)c(C3CNCCO3)[nH]c12. The second-order valence-corrected chi connectivity index (χ2v) is 4.61. The van der Waals surface area contributed by atoms with Gasteiger partial charge in [0.05, 0.1) is 19.2 Å². The molecule has 2 aromatic rings. The number of H-pyrrole nitrogens is 1. The molecule has 1 aliphatic rings. The zero-order valence-electron chi connectivity index (χ0n) is 10.7. The van der Waals surface area contributed by atoms with Crippen molar-refractivity contribution in [2.45, 2.75) is 13.0 Å². The Balaban J connectivity index is 2.09. The second-order valence-electron chi connectivity index (χ2n) is 4.61. The first-order chi connectivity index (χ1) is 8.81. The maximum absolute atomic E-state index is 5.81. The van der Waals surface area contributed by atoms with Crippen LogP contribution in [0.25, 0.3) is 10.9 Å². The summed E-state index contributed by atoms with van der Waals surface area (Å²) in [6.45, 7) is 4.68. The van der Waals surface area contributed by atoms with E-state index in [1.54, 1.807) is 7.11 Å². The van der Waals surface area contributed by atoms with Crippen molar-refractivity contribution in [2.24, 2.45) is 0 Å². The Hall–Kier alpha value is -1.52. The van der Waals surface area contributed by atoms with Gasteiger partial charge in [-0.3, -0.25) is 0 Å². The topological polar surface area (TPSA) is 46.3 Å². The fourth-order valence-corrected chi connectivity index (χ4v) is 2.59. The third-order valence-corrected chi connectivity index (χ3v) is 3.56. The lowest BCUT2D eigenvalue weighted by molar-refractivity contribution is 0.0251. The van der Waals surface area contributed by atoms with Crippen LogP contribution >= 0.6 is 0 Å². The third-order valence-electron chi connectivity index (χ3n) is 3.56. The van der Waals surface area contributed by atoms with Crippen molar-refractivity contribution in [1.82, 2.24) is 10.3 Å². The second kappa shape index (κ2) is 4.63. The lowest BCUT2D eigenvalue weighted by Crippen LogP contribution is -2.33. The lowest BCUT2D eigenvalue weighted by Gasteiger charge is -2.23. The van der Waals surface area contributed by atoms with E-state index in [1.165, 1.54) is 10.9 Å². The van der Waals surface area contributed by atoms with E-state index in [9.17, 15) is 0 Å². The molecule has 0 aliphatic carbocycles. The highest BCUT2D eigenvalue weighted by atomic mass is 16.5. The number of ether oxygens (including phenoxy) is 2. The summed E-state index contributed by atoms with van der Waals surface area (Å²) >= 11 is 0. The number of hydrogen-bond donors (Lipinski definition) is 2. The van der Waals surface area contributed by atoms with Gasteiger partial charge in [-0.1, -0.05) is 12.1 Å². The molecule has 3 rings (SSSR count). The molecule has 1 aliphatic heterocycles. The van der Waals surface area contributed by atoms with Crippen LogP contribution in [0.1, 0.15) is 17.4 Å². The molecule has 1 aromatic heterocycles. The standard InChI is InChI=1S/C14H18N2O2/c1-9-10-4-3-5-11(17-2)14(10)16-13(9)12-8-15-6-7-18-12/h3-5,12,15-16H,6-8H2,1-2H3. The summed E-state index contributed by atoms with van der Waals surface area (Å²) in [5.74, 6) is 0.880.